The summed E-state index contributed by atoms with van der Waals surface area (Å²) in [6.07, 6.45) is 2.55. The summed E-state index contributed by atoms with van der Waals surface area (Å²) in [4.78, 5) is 2.43. The Hall–Kier alpha value is -0.160. The third kappa shape index (κ3) is 10.6. The predicted octanol–water partition coefficient (Wildman–Crippen LogP) is 2.38. The summed E-state index contributed by atoms with van der Waals surface area (Å²) in [6.45, 7) is 13.6. The Labute approximate surface area is 126 Å². The molecule has 0 aliphatic heterocycles. The Morgan fingerprint density at radius 1 is 0.950 bits per heavy atom. The van der Waals surface area contributed by atoms with Crippen molar-refractivity contribution in [2.45, 2.75) is 52.6 Å². The first-order valence-corrected chi connectivity index (χ1v) is 7.96. The highest BCUT2D eigenvalue weighted by molar-refractivity contribution is 4.70. The van der Waals surface area contributed by atoms with Gasteiger partial charge in [0, 0.05) is 45.9 Å². The van der Waals surface area contributed by atoms with Crippen LogP contribution in [0.3, 0.4) is 0 Å². The van der Waals surface area contributed by atoms with Crippen LogP contribution in [-0.4, -0.2) is 64.1 Å². The van der Waals surface area contributed by atoms with Gasteiger partial charge in [0.05, 0.1) is 13.2 Å². The second kappa shape index (κ2) is 12.6. The van der Waals surface area contributed by atoms with Crippen LogP contribution in [0.1, 0.15) is 40.5 Å². The first-order valence-electron chi connectivity index (χ1n) is 7.96. The number of hydrogen-bond donors (Lipinski definition) is 1. The minimum absolute atomic E-state index is 0.433. The molecule has 4 heteroatoms. The molecule has 20 heavy (non-hydrogen) atoms. The van der Waals surface area contributed by atoms with Gasteiger partial charge in [0.25, 0.3) is 0 Å². The van der Waals surface area contributed by atoms with Crippen LogP contribution >= 0.6 is 0 Å². The van der Waals surface area contributed by atoms with E-state index in [4.69, 9.17) is 9.47 Å². The van der Waals surface area contributed by atoms with Crippen LogP contribution in [0.25, 0.3) is 0 Å². The molecule has 0 aliphatic rings. The molecule has 0 amide bonds. The van der Waals surface area contributed by atoms with E-state index >= 15 is 0 Å². The number of nitrogens with one attached hydrogen (secondary N) is 1. The van der Waals surface area contributed by atoms with E-state index in [1.54, 1.807) is 14.2 Å². The van der Waals surface area contributed by atoms with Crippen molar-refractivity contribution in [2.24, 2.45) is 5.92 Å². The van der Waals surface area contributed by atoms with Gasteiger partial charge in [0.1, 0.15) is 0 Å². The van der Waals surface area contributed by atoms with Crippen molar-refractivity contribution in [3.63, 3.8) is 0 Å². The van der Waals surface area contributed by atoms with Crippen LogP contribution in [0.2, 0.25) is 0 Å². The lowest BCUT2D eigenvalue weighted by Crippen LogP contribution is -2.43. The van der Waals surface area contributed by atoms with E-state index in [0.29, 0.717) is 12.1 Å². The maximum atomic E-state index is 5.25. The first-order chi connectivity index (χ1) is 9.51. The van der Waals surface area contributed by atoms with Gasteiger partial charge in [-0.05, 0) is 32.6 Å². The second-order valence-electron chi connectivity index (χ2n) is 6.16. The summed E-state index contributed by atoms with van der Waals surface area (Å²) in [5.41, 5.74) is 0. The van der Waals surface area contributed by atoms with Gasteiger partial charge in [-0.15, -0.1) is 0 Å². The Morgan fingerprint density at radius 3 is 2.20 bits per heavy atom. The van der Waals surface area contributed by atoms with Gasteiger partial charge in [-0.3, -0.25) is 4.90 Å². The molecule has 0 radical (unpaired) electrons. The quantitative estimate of drug-likeness (QED) is 0.564. The normalized spacial score (nSPS) is 15.0. The lowest BCUT2D eigenvalue weighted by atomic mass is 10.0. The van der Waals surface area contributed by atoms with Gasteiger partial charge < -0.3 is 14.8 Å². The van der Waals surface area contributed by atoms with Crippen molar-refractivity contribution in [1.29, 1.82) is 0 Å². The molecule has 0 saturated carbocycles. The van der Waals surface area contributed by atoms with Gasteiger partial charge in [0.15, 0.2) is 0 Å². The van der Waals surface area contributed by atoms with Crippen LogP contribution in [-0.2, 0) is 9.47 Å². The number of rotatable bonds is 13. The highest BCUT2D eigenvalue weighted by atomic mass is 16.5. The topological polar surface area (TPSA) is 33.7 Å². The fourth-order valence-corrected chi connectivity index (χ4v) is 2.25. The molecule has 0 saturated heterocycles. The van der Waals surface area contributed by atoms with Gasteiger partial charge in [-0.25, -0.2) is 0 Å². The number of hydrogen-bond acceptors (Lipinski definition) is 4. The number of nitrogens with zero attached hydrogens (tertiary/aromatic N) is 1. The Kier molecular flexibility index (Phi) is 12.5. The molecule has 4 nitrogen and oxygen atoms in total. The molecular formula is C16H36N2O2. The predicted molar refractivity (Wildman–Crippen MR) is 86.3 cm³/mol. The second-order valence-corrected chi connectivity index (χ2v) is 6.16. The van der Waals surface area contributed by atoms with E-state index in [1.807, 2.05) is 0 Å². The SMILES string of the molecule is COCCN(CCNC(C)CCC(C)C)C(C)COC. The van der Waals surface area contributed by atoms with Crippen LogP contribution in [0.4, 0.5) is 0 Å². The summed E-state index contributed by atoms with van der Waals surface area (Å²) in [7, 11) is 3.52. The summed E-state index contributed by atoms with van der Waals surface area (Å²) < 4.78 is 10.4. The van der Waals surface area contributed by atoms with Crippen LogP contribution < -0.4 is 5.32 Å². The molecule has 2 atom stereocenters. The van der Waals surface area contributed by atoms with Crippen molar-refractivity contribution >= 4 is 0 Å². The largest absolute Gasteiger partial charge is 0.383 e. The monoisotopic (exact) mass is 288 g/mol. The maximum Gasteiger partial charge on any atom is 0.0615 e. The third-order valence-electron chi connectivity index (χ3n) is 3.68. The lowest BCUT2D eigenvalue weighted by Gasteiger charge is -2.29. The fraction of sp³-hybridized carbons (Fsp3) is 1.00. The fourth-order valence-electron chi connectivity index (χ4n) is 2.25. The smallest absolute Gasteiger partial charge is 0.0615 e. The standard InChI is InChI=1S/C16H36N2O2/c1-14(2)7-8-15(3)17-9-10-18(11-12-19-5)16(4)13-20-6/h14-17H,7-13H2,1-6H3. The molecule has 0 aromatic heterocycles. The molecular weight excluding hydrogens is 252 g/mol. The highest BCUT2D eigenvalue weighted by Crippen LogP contribution is 2.06. The zero-order valence-corrected chi connectivity index (χ0v) is 14.4. The zero-order chi connectivity index (χ0) is 15.4. The van der Waals surface area contributed by atoms with Crippen molar-refractivity contribution < 1.29 is 9.47 Å². The summed E-state index contributed by atoms with van der Waals surface area (Å²) in [5, 5.41) is 3.62. The summed E-state index contributed by atoms with van der Waals surface area (Å²) in [5.74, 6) is 0.791. The molecule has 122 valence electrons. The molecule has 1 N–H and O–H groups in total. The highest BCUT2D eigenvalue weighted by Gasteiger charge is 2.13. The molecule has 0 aromatic rings. The van der Waals surface area contributed by atoms with E-state index < -0.39 is 0 Å². The maximum absolute atomic E-state index is 5.25. The average Bonchev–Trinajstić information content (AvgIpc) is 2.40. The Balaban J connectivity index is 3.93. The third-order valence-corrected chi connectivity index (χ3v) is 3.68. The Morgan fingerprint density at radius 2 is 1.65 bits per heavy atom. The van der Waals surface area contributed by atoms with E-state index in [2.05, 4.69) is 37.9 Å². The molecule has 0 bridgehead atoms. The first kappa shape index (κ1) is 19.8. The van der Waals surface area contributed by atoms with Crippen molar-refractivity contribution in [1.82, 2.24) is 10.2 Å². The summed E-state index contributed by atoms with van der Waals surface area (Å²) >= 11 is 0. The van der Waals surface area contributed by atoms with Crippen LogP contribution in [0.15, 0.2) is 0 Å². The molecule has 2 unspecified atom stereocenters. The van der Waals surface area contributed by atoms with E-state index in [-0.39, 0.29) is 0 Å². The summed E-state index contributed by atoms with van der Waals surface area (Å²) in [6, 6.07) is 1.03. The van der Waals surface area contributed by atoms with E-state index in [0.717, 1.165) is 38.8 Å². The van der Waals surface area contributed by atoms with Crippen molar-refractivity contribution in [3.05, 3.63) is 0 Å². The minimum atomic E-state index is 0.433. The van der Waals surface area contributed by atoms with Crippen molar-refractivity contribution in [2.75, 3.05) is 47.1 Å². The minimum Gasteiger partial charge on any atom is -0.383 e. The average molecular weight is 288 g/mol. The van der Waals surface area contributed by atoms with E-state index in [1.165, 1.54) is 12.8 Å². The van der Waals surface area contributed by atoms with Gasteiger partial charge in [0.2, 0.25) is 0 Å². The molecule has 0 aliphatic carbocycles. The van der Waals surface area contributed by atoms with Crippen molar-refractivity contribution in [3.8, 4) is 0 Å². The van der Waals surface area contributed by atoms with Gasteiger partial charge in [-0.1, -0.05) is 13.8 Å². The molecule has 0 aromatic carbocycles. The lowest BCUT2D eigenvalue weighted by molar-refractivity contribution is 0.0752. The zero-order valence-electron chi connectivity index (χ0n) is 14.4. The van der Waals surface area contributed by atoms with E-state index in [9.17, 15) is 0 Å². The van der Waals surface area contributed by atoms with Crippen LogP contribution in [0, 0.1) is 5.92 Å². The molecule has 0 spiro atoms. The number of methoxy groups -OCH3 is 2. The Bertz CT molecular complexity index is 213. The number of ether oxygens (including phenoxy) is 2. The van der Waals surface area contributed by atoms with Gasteiger partial charge >= 0.3 is 0 Å². The van der Waals surface area contributed by atoms with Crippen LogP contribution in [0.5, 0.6) is 0 Å². The molecule has 0 heterocycles. The van der Waals surface area contributed by atoms with Gasteiger partial charge in [-0.2, -0.15) is 0 Å². The molecule has 0 fully saturated rings. The molecule has 0 rings (SSSR count).